The molecule has 8 heteroatoms. The van der Waals surface area contributed by atoms with Crippen molar-refractivity contribution in [3.63, 3.8) is 0 Å². The molecule has 0 amide bonds. The van der Waals surface area contributed by atoms with Crippen LogP contribution in [0, 0.1) is 13.8 Å². The number of fused-ring (bicyclic) bond motifs is 1. The second-order valence-electron chi connectivity index (χ2n) is 8.74. The Hall–Kier alpha value is -3.39. The Bertz CT molecular complexity index is 1360. The summed E-state index contributed by atoms with van der Waals surface area (Å²) >= 11 is 0. The SMILES string of the molecule is Cc1c(Cc2ccc(-c3cn(C)nn3)cc2)cc2c(=O)n([C@H]3CCC[C@@H]3O)nnc2c1C. The maximum atomic E-state index is 13.3. The van der Waals surface area contributed by atoms with Crippen molar-refractivity contribution in [2.75, 3.05) is 0 Å². The quantitative estimate of drug-likeness (QED) is 0.535. The maximum absolute atomic E-state index is 13.3. The predicted octanol–water partition coefficient (Wildman–Crippen LogP) is 2.88. The monoisotopic (exact) mass is 430 g/mol. The van der Waals surface area contributed by atoms with Gasteiger partial charge in [-0.2, -0.15) is 0 Å². The average molecular weight is 431 g/mol. The van der Waals surface area contributed by atoms with Crippen LogP contribution in [0.15, 0.2) is 41.3 Å². The molecule has 1 aliphatic rings. The smallest absolute Gasteiger partial charge is 0.277 e. The van der Waals surface area contributed by atoms with E-state index in [1.54, 1.807) is 4.68 Å². The molecule has 8 nitrogen and oxygen atoms in total. The summed E-state index contributed by atoms with van der Waals surface area (Å²) in [7, 11) is 1.85. The highest BCUT2D eigenvalue weighted by Gasteiger charge is 2.29. The van der Waals surface area contributed by atoms with Gasteiger partial charge in [0.05, 0.1) is 23.7 Å². The first-order chi connectivity index (χ1) is 15.4. The molecular formula is C24H26N6O2. The zero-order valence-electron chi connectivity index (χ0n) is 18.5. The van der Waals surface area contributed by atoms with Crippen molar-refractivity contribution in [2.24, 2.45) is 7.05 Å². The van der Waals surface area contributed by atoms with Gasteiger partial charge in [-0.1, -0.05) is 34.7 Å². The second kappa shape index (κ2) is 7.94. The molecule has 2 aromatic heterocycles. The van der Waals surface area contributed by atoms with Crippen molar-refractivity contribution < 1.29 is 5.11 Å². The van der Waals surface area contributed by atoms with Gasteiger partial charge in [0, 0.05) is 12.6 Å². The van der Waals surface area contributed by atoms with Crippen molar-refractivity contribution in [3.8, 4) is 11.3 Å². The molecule has 4 aromatic rings. The lowest BCUT2D eigenvalue weighted by Crippen LogP contribution is -2.32. The van der Waals surface area contributed by atoms with Gasteiger partial charge < -0.3 is 5.11 Å². The van der Waals surface area contributed by atoms with E-state index in [0.29, 0.717) is 23.7 Å². The largest absolute Gasteiger partial charge is 0.391 e. The van der Waals surface area contributed by atoms with Gasteiger partial charge in [-0.05, 0) is 67.9 Å². The topological polar surface area (TPSA) is 98.7 Å². The van der Waals surface area contributed by atoms with Gasteiger partial charge in [0.2, 0.25) is 0 Å². The molecule has 2 atom stereocenters. The van der Waals surface area contributed by atoms with Crippen LogP contribution in [0.3, 0.4) is 0 Å². The van der Waals surface area contributed by atoms with Crippen LogP contribution in [0.25, 0.3) is 22.2 Å². The molecule has 0 spiro atoms. The molecule has 5 rings (SSSR count). The minimum absolute atomic E-state index is 0.178. The summed E-state index contributed by atoms with van der Waals surface area (Å²) in [5.41, 5.74) is 6.63. The Morgan fingerprint density at radius 3 is 2.50 bits per heavy atom. The highest BCUT2D eigenvalue weighted by atomic mass is 16.3. The van der Waals surface area contributed by atoms with Crippen LogP contribution in [-0.2, 0) is 13.5 Å². The molecule has 1 saturated carbocycles. The summed E-state index contributed by atoms with van der Waals surface area (Å²) in [6.45, 7) is 4.05. The molecule has 0 saturated heterocycles. The van der Waals surface area contributed by atoms with Gasteiger partial charge in [-0.3, -0.25) is 9.48 Å². The fourth-order valence-electron chi connectivity index (χ4n) is 4.62. The molecule has 0 aliphatic heterocycles. The summed E-state index contributed by atoms with van der Waals surface area (Å²) in [4.78, 5) is 13.3. The fraction of sp³-hybridized carbons (Fsp3) is 0.375. The van der Waals surface area contributed by atoms with Crippen molar-refractivity contribution in [1.82, 2.24) is 30.0 Å². The number of aromatic nitrogens is 6. The van der Waals surface area contributed by atoms with Gasteiger partial charge in [-0.15, -0.1) is 10.2 Å². The van der Waals surface area contributed by atoms with E-state index in [2.05, 4.69) is 39.7 Å². The van der Waals surface area contributed by atoms with Gasteiger partial charge in [0.1, 0.15) is 11.2 Å². The Balaban J connectivity index is 1.51. The minimum Gasteiger partial charge on any atom is -0.391 e. The van der Waals surface area contributed by atoms with Crippen molar-refractivity contribution in [1.29, 1.82) is 0 Å². The maximum Gasteiger partial charge on any atom is 0.277 e. The van der Waals surface area contributed by atoms with Crippen LogP contribution in [0.2, 0.25) is 0 Å². The van der Waals surface area contributed by atoms with E-state index in [-0.39, 0.29) is 11.6 Å². The van der Waals surface area contributed by atoms with Crippen LogP contribution in [-0.4, -0.2) is 41.2 Å². The first kappa shape index (κ1) is 20.5. The Morgan fingerprint density at radius 1 is 1.06 bits per heavy atom. The van der Waals surface area contributed by atoms with E-state index in [1.807, 2.05) is 38.4 Å². The molecule has 2 aromatic carbocycles. The lowest BCUT2D eigenvalue weighted by atomic mass is 9.94. The van der Waals surface area contributed by atoms with Crippen LogP contribution >= 0.6 is 0 Å². The van der Waals surface area contributed by atoms with E-state index in [9.17, 15) is 9.90 Å². The third-order valence-electron chi connectivity index (χ3n) is 6.66. The van der Waals surface area contributed by atoms with Crippen molar-refractivity contribution >= 4 is 10.9 Å². The zero-order chi connectivity index (χ0) is 22.4. The molecule has 1 fully saturated rings. The Morgan fingerprint density at radius 2 is 1.84 bits per heavy atom. The molecule has 164 valence electrons. The number of aliphatic hydroxyl groups excluding tert-OH is 1. The Kier molecular flexibility index (Phi) is 5.09. The molecule has 2 heterocycles. The number of hydrogen-bond acceptors (Lipinski definition) is 6. The van der Waals surface area contributed by atoms with Crippen LogP contribution in [0.5, 0.6) is 0 Å². The normalized spacial score (nSPS) is 18.5. The first-order valence-corrected chi connectivity index (χ1v) is 10.9. The van der Waals surface area contributed by atoms with Crippen molar-refractivity contribution in [3.05, 3.63) is 69.1 Å². The molecule has 0 radical (unpaired) electrons. The van der Waals surface area contributed by atoms with E-state index in [4.69, 9.17) is 0 Å². The average Bonchev–Trinajstić information content (AvgIpc) is 3.41. The van der Waals surface area contributed by atoms with Gasteiger partial charge in [0.15, 0.2) is 0 Å². The summed E-state index contributed by atoms with van der Waals surface area (Å²) in [5.74, 6) is 0. The number of hydrogen-bond donors (Lipinski definition) is 1. The number of rotatable bonds is 4. The lowest BCUT2D eigenvalue weighted by molar-refractivity contribution is 0.126. The minimum atomic E-state index is -0.543. The number of nitrogens with zero attached hydrogens (tertiary/aromatic N) is 6. The molecule has 0 bridgehead atoms. The second-order valence-corrected chi connectivity index (χ2v) is 8.74. The molecule has 1 aliphatic carbocycles. The molecule has 1 N–H and O–H groups in total. The molecule has 32 heavy (non-hydrogen) atoms. The number of benzene rings is 2. The Labute approximate surface area is 185 Å². The van der Waals surface area contributed by atoms with Crippen LogP contribution in [0.1, 0.15) is 47.6 Å². The first-order valence-electron chi connectivity index (χ1n) is 10.9. The third kappa shape index (κ3) is 3.50. The lowest BCUT2D eigenvalue weighted by Gasteiger charge is -2.17. The summed E-state index contributed by atoms with van der Waals surface area (Å²) < 4.78 is 3.07. The fourth-order valence-corrected chi connectivity index (χ4v) is 4.62. The van der Waals surface area contributed by atoms with Crippen molar-refractivity contribution in [2.45, 2.75) is 51.7 Å². The van der Waals surface area contributed by atoms with E-state index >= 15 is 0 Å². The van der Waals surface area contributed by atoms with Gasteiger partial charge in [-0.25, -0.2) is 4.68 Å². The van der Waals surface area contributed by atoms with E-state index < -0.39 is 6.10 Å². The highest BCUT2D eigenvalue weighted by molar-refractivity contribution is 5.82. The molecular weight excluding hydrogens is 404 g/mol. The zero-order valence-corrected chi connectivity index (χ0v) is 18.5. The van der Waals surface area contributed by atoms with E-state index in [0.717, 1.165) is 46.4 Å². The summed E-state index contributed by atoms with van der Waals surface area (Å²) in [6.07, 6.45) is 4.38. The highest BCUT2D eigenvalue weighted by Crippen LogP contribution is 2.29. The third-order valence-corrected chi connectivity index (χ3v) is 6.66. The van der Waals surface area contributed by atoms with Crippen LogP contribution in [0.4, 0.5) is 0 Å². The predicted molar refractivity (Wildman–Crippen MR) is 121 cm³/mol. The standard InChI is InChI=1S/C24H26N6O2/c1-14-15(2)23-19(24(32)30(28-26-23)21-5-4-6-22(21)31)12-18(14)11-16-7-9-17(10-8-16)20-13-29(3)27-25-20/h7-10,12-13,21-22,31H,4-6,11H2,1-3H3/t21-,22-/m0/s1. The van der Waals surface area contributed by atoms with Crippen LogP contribution < -0.4 is 5.56 Å². The summed E-state index contributed by atoms with van der Waals surface area (Å²) in [5, 5.41) is 27.5. The summed E-state index contributed by atoms with van der Waals surface area (Å²) in [6, 6.07) is 9.91. The molecule has 0 unspecified atom stereocenters. The number of aliphatic hydroxyl groups is 1. The number of aryl methyl sites for hydroxylation is 2. The van der Waals surface area contributed by atoms with E-state index in [1.165, 1.54) is 4.68 Å². The van der Waals surface area contributed by atoms with Gasteiger partial charge >= 0.3 is 0 Å². The van der Waals surface area contributed by atoms with Gasteiger partial charge in [0.25, 0.3) is 5.56 Å².